The van der Waals surface area contributed by atoms with Crippen LogP contribution >= 0.6 is 11.3 Å². The zero-order chi connectivity index (χ0) is 9.71. The SMILES string of the molecule is Cc1ccsc1C1NC(=O)C1C1CC1. The summed E-state index contributed by atoms with van der Waals surface area (Å²) in [6.45, 7) is 2.13. The van der Waals surface area contributed by atoms with E-state index in [0.29, 0.717) is 12.0 Å². The molecule has 3 heteroatoms. The zero-order valence-electron chi connectivity index (χ0n) is 8.12. The van der Waals surface area contributed by atoms with Gasteiger partial charge in [-0.1, -0.05) is 0 Å². The van der Waals surface area contributed by atoms with Crippen LogP contribution in [0.2, 0.25) is 0 Å². The Morgan fingerprint density at radius 1 is 1.50 bits per heavy atom. The van der Waals surface area contributed by atoms with Crippen molar-refractivity contribution < 1.29 is 4.79 Å². The molecule has 2 nitrogen and oxygen atoms in total. The number of rotatable bonds is 2. The first-order valence-electron chi connectivity index (χ1n) is 5.12. The minimum atomic E-state index is 0.269. The van der Waals surface area contributed by atoms with Crippen LogP contribution in [0.15, 0.2) is 11.4 Å². The van der Waals surface area contributed by atoms with Crippen LogP contribution in [0.1, 0.15) is 29.3 Å². The fraction of sp³-hybridized carbons (Fsp3) is 0.545. The molecule has 74 valence electrons. The number of thiophene rings is 1. The van der Waals surface area contributed by atoms with Crippen molar-refractivity contribution in [3.8, 4) is 0 Å². The molecule has 2 atom stereocenters. The Kier molecular flexibility index (Phi) is 1.71. The van der Waals surface area contributed by atoms with Crippen LogP contribution in [-0.4, -0.2) is 5.91 Å². The topological polar surface area (TPSA) is 29.1 Å². The first kappa shape index (κ1) is 8.48. The second-order valence-corrected chi connectivity index (χ2v) is 5.27. The van der Waals surface area contributed by atoms with Crippen molar-refractivity contribution in [2.45, 2.75) is 25.8 Å². The second-order valence-electron chi connectivity index (χ2n) is 4.32. The molecule has 0 bridgehead atoms. The van der Waals surface area contributed by atoms with Crippen molar-refractivity contribution in [3.63, 3.8) is 0 Å². The Bertz CT molecular complexity index is 380. The summed E-state index contributed by atoms with van der Waals surface area (Å²) in [4.78, 5) is 12.8. The van der Waals surface area contributed by atoms with E-state index >= 15 is 0 Å². The van der Waals surface area contributed by atoms with Crippen LogP contribution in [0.3, 0.4) is 0 Å². The lowest BCUT2D eigenvalue weighted by atomic mass is 9.84. The molecule has 0 radical (unpaired) electrons. The van der Waals surface area contributed by atoms with Crippen LogP contribution in [0.5, 0.6) is 0 Å². The highest BCUT2D eigenvalue weighted by Gasteiger charge is 2.49. The summed E-state index contributed by atoms with van der Waals surface area (Å²) in [5.41, 5.74) is 1.32. The van der Waals surface area contributed by atoms with Crippen molar-refractivity contribution in [1.29, 1.82) is 0 Å². The van der Waals surface area contributed by atoms with Crippen LogP contribution in [0.25, 0.3) is 0 Å². The largest absolute Gasteiger partial charge is 0.347 e. The molecule has 1 aromatic heterocycles. The highest BCUT2D eigenvalue weighted by molar-refractivity contribution is 7.10. The van der Waals surface area contributed by atoms with Gasteiger partial charge >= 0.3 is 0 Å². The molecule has 0 spiro atoms. The molecule has 2 fully saturated rings. The fourth-order valence-corrected chi connectivity index (χ4v) is 3.29. The van der Waals surface area contributed by atoms with Gasteiger partial charge in [-0.2, -0.15) is 0 Å². The molecular formula is C11H13NOS. The number of carbonyl (C=O) groups is 1. The van der Waals surface area contributed by atoms with Crippen LogP contribution in [0, 0.1) is 18.8 Å². The number of carbonyl (C=O) groups excluding carboxylic acids is 1. The third-order valence-electron chi connectivity index (χ3n) is 3.27. The van der Waals surface area contributed by atoms with Crippen LogP contribution < -0.4 is 5.32 Å². The molecule has 3 rings (SSSR count). The number of β-lactam (4-membered cyclic amide) rings is 1. The molecule has 2 unspecified atom stereocenters. The molecule has 0 aromatic carbocycles. The van der Waals surface area contributed by atoms with Crippen molar-refractivity contribution in [1.82, 2.24) is 5.32 Å². The molecule has 1 saturated heterocycles. The summed E-state index contributed by atoms with van der Waals surface area (Å²) in [6, 6.07) is 2.46. The van der Waals surface area contributed by atoms with E-state index in [2.05, 4.69) is 23.7 Å². The lowest BCUT2D eigenvalue weighted by molar-refractivity contribution is -0.136. The number of aryl methyl sites for hydroxylation is 1. The Labute approximate surface area is 87.3 Å². The van der Waals surface area contributed by atoms with Gasteiger partial charge in [-0.05, 0) is 42.7 Å². The van der Waals surface area contributed by atoms with Gasteiger partial charge in [0.05, 0.1) is 12.0 Å². The van der Waals surface area contributed by atoms with Crippen molar-refractivity contribution in [2.75, 3.05) is 0 Å². The van der Waals surface area contributed by atoms with Gasteiger partial charge in [0.25, 0.3) is 0 Å². The Morgan fingerprint density at radius 2 is 2.29 bits per heavy atom. The average Bonchev–Trinajstić information content (AvgIpc) is 2.85. The van der Waals surface area contributed by atoms with E-state index in [4.69, 9.17) is 0 Å². The Balaban J connectivity index is 1.86. The molecule has 1 amide bonds. The number of nitrogens with one attached hydrogen (secondary N) is 1. The van der Waals surface area contributed by atoms with Gasteiger partial charge in [0.2, 0.25) is 5.91 Å². The van der Waals surface area contributed by atoms with Crippen molar-refractivity contribution in [2.24, 2.45) is 11.8 Å². The molecule has 1 aliphatic carbocycles. The number of amides is 1. The second kappa shape index (κ2) is 2.83. The van der Waals surface area contributed by atoms with E-state index < -0.39 is 0 Å². The maximum absolute atomic E-state index is 11.4. The summed E-state index contributed by atoms with van der Waals surface area (Å²) in [5, 5.41) is 5.14. The molecule has 14 heavy (non-hydrogen) atoms. The van der Waals surface area contributed by atoms with Crippen molar-refractivity contribution in [3.05, 3.63) is 21.9 Å². The van der Waals surface area contributed by atoms with Gasteiger partial charge in [-0.3, -0.25) is 4.79 Å². The van der Waals surface area contributed by atoms with E-state index in [-0.39, 0.29) is 11.8 Å². The lowest BCUT2D eigenvalue weighted by Crippen LogP contribution is -2.52. The van der Waals surface area contributed by atoms with E-state index in [1.54, 1.807) is 11.3 Å². The summed E-state index contributed by atoms with van der Waals surface area (Å²) < 4.78 is 0. The molecule has 1 saturated carbocycles. The normalized spacial score (nSPS) is 31.1. The van der Waals surface area contributed by atoms with Gasteiger partial charge in [0.15, 0.2) is 0 Å². The first-order valence-corrected chi connectivity index (χ1v) is 5.99. The molecular weight excluding hydrogens is 194 g/mol. The summed E-state index contributed by atoms with van der Waals surface area (Å²) in [6.07, 6.45) is 2.50. The predicted molar refractivity (Wildman–Crippen MR) is 56.2 cm³/mol. The van der Waals surface area contributed by atoms with Crippen molar-refractivity contribution >= 4 is 17.2 Å². The summed E-state index contributed by atoms with van der Waals surface area (Å²) in [7, 11) is 0. The van der Waals surface area contributed by atoms with Gasteiger partial charge in [-0.15, -0.1) is 11.3 Å². The third kappa shape index (κ3) is 1.12. The average molecular weight is 207 g/mol. The summed E-state index contributed by atoms with van der Waals surface area (Å²) >= 11 is 1.77. The Morgan fingerprint density at radius 3 is 2.79 bits per heavy atom. The predicted octanol–water partition coefficient (Wildman–Crippen LogP) is 2.25. The minimum Gasteiger partial charge on any atom is -0.347 e. The summed E-state index contributed by atoms with van der Waals surface area (Å²) in [5.74, 6) is 1.23. The van der Waals surface area contributed by atoms with Gasteiger partial charge in [0.1, 0.15) is 0 Å². The quantitative estimate of drug-likeness (QED) is 0.740. The molecule has 2 heterocycles. The molecule has 2 aliphatic rings. The smallest absolute Gasteiger partial charge is 0.226 e. The van der Waals surface area contributed by atoms with E-state index in [9.17, 15) is 4.79 Å². The van der Waals surface area contributed by atoms with Gasteiger partial charge in [0, 0.05) is 4.88 Å². The van der Waals surface area contributed by atoms with Gasteiger partial charge < -0.3 is 5.32 Å². The maximum atomic E-state index is 11.4. The zero-order valence-corrected chi connectivity index (χ0v) is 8.93. The molecule has 1 N–H and O–H groups in total. The number of hydrogen-bond acceptors (Lipinski definition) is 2. The van der Waals surface area contributed by atoms with E-state index in [0.717, 1.165) is 0 Å². The molecule has 1 aliphatic heterocycles. The lowest BCUT2D eigenvalue weighted by Gasteiger charge is -2.37. The van der Waals surface area contributed by atoms with Gasteiger partial charge in [-0.25, -0.2) is 0 Å². The fourth-order valence-electron chi connectivity index (χ4n) is 2.27. The first-order chi connectivity index (χ1) is 6.77. The van der Waals surface area contributed by atoms with Crippen LogP contribution in [-0.2, 0) is 4.79 Å². The molecule has 1 aromatic rings. The van der Waals surface area contributed by atoms with Crippen LogP contribution in [0.4, 0.5) is 0 Å². The third-order valence-corrected chi connectivity index (χ3v) is 4.38. The standard InChI is InChI=1S/C11H13NOS/c1-6-4-5-14-10(6)9-8(7-2-3-7)11(13)12-9/h4-5,7-9H,2-3H2,1H3,(H,12,13). The minimum absolute atomic E-state index is 0.269. The number of hydrogen-bond donors (Lipinski definition) is 1. The van der Waals surface area contributed by atoms with E-state index in [1.165, 1.54) is 23.3 Å². The highest BCUT2D eigenvalue weighted by atomic mass is 32.1. The van der Waals surface area contributed by atoms with E-state index in [1.807, 2.05) is 0 Å². The monoisotopic (exact) mass is 207 g/mol. The maximum Gasteiger partial charge on any atom is 0.226 e. The Hall–Kier alpha value is -0.830. The highest BCUT2D eigenvalue weighted by Crippen LogP contribution is 2.48.